The van der Waals surface area contributed by atoms with E-state index in [1.807, 2.05) is 44.2 Å². The molecule has 0 aliphatic rings. The number of hydrogen-bond acceptors (Lipinski definition) is 3. The molecule has 4 heteroatoms. The van der Waals surface area contributed by atoms with Gasteiger partial charge in [-0.15, -0.1) is 0 Å². The van der Waals surface area contributed by atoms with Crippen LogP contribution in [0, 0.1) is 13.8 Å². The molecule has 1 atom stereocenters. The van der Waals surface area contributed by atoms with E-state index in [-0.39, 0.29) is 6.04 Å². The lowest BCUT2D eigenvalue weighted by Crippen LogP contribution is -2.14. The average Bonchev–Trinajstić information content (AvgIpc) is 2.40. The molecule has 0 radical (unpaired) electrons. The Morgan fingerprint density at radius 3 is 2.45 bits per heavy atom. The maximum Gasteiger partial charge on any atom is 0.119 e. The zero-order chi connectivity index (χ0) is 14.7. The topological polar surface area (TPSA) is 48.1 Å². The molecule has 0 saturated heterocycles. The number of nitrogens with two attached hydrogens (primary N) is 1. The fraction of sp³-hybridized carbons (Fsp3) is 0.312. The minimum atomic E-state index is -0.0567. The minimum absolute atomic E-state index is 0.0567. The molecule has 0 saturated carbocycles. The summed E-state index contributed by atoms with van der Waals surface area (Å²) in [5.41, 5.74) is 10.6. The zero-order valence-electron chi connectivity index (χ0n) is 12.0. The van der Waals surface area contributed by atoms with Crippen molar-refractivity contribution >= 4 is 15.9 Å². The van der Waals surface area contributed by atoms with Gasteiger partial charge in [0.05, 0.1) is 7.11 Å². The third-order valence-corrected chi connectivity index (χ3v) is 4.00. The lowest BCUT2D eigenvalue weighted by Gasteiger charge is -2.15. The second-order valence-electron chi connectivity index (χ2n) is 4.95. The van der Waals surface area contributed by atoms with Gasteiger partial charge in [0, 0.05) is 21.9 Å². The third kappa shape index (κ3) is 3.58. The molecule has 0 aliphatic carbocycles. The van der Waals surface area contributed by atoms with Crippen LogP contribution in [0.4, 0.5) is 0 Å². The maximum absolute atomic E-state index is 6.34. The number of nitrogens with zero attached hydrogens (tertiary/aromatic N) is 1. The van der Waals surface area contributed by atoms with Gasteiger partial charge in [0.25, 0.3) is 0 Å². The minimum Gasteiger partial charge on any atom is -0.497 e. The molecule has 20 heavy (non-hydrogen) atoms. The van der Waals surface area contributed by atoms with Gasteiger partial charge in [0.1, 0.15) is 5.75 Å². The van der Waals surface area contributed by atoms with Crippen LogP contribution in [-0.2, 0) is 6.42 Å². The van der Waals surface area contributed by atoms with Crippen LogP contribution in [-0.4, -0.2) is 12.1 Å². The quantitative estimate of drug-likeness (QED) is 0.927. The Labute approximate surface area is 128 Å². The number of halogens is 1. The Morgan fingerprint density at radius 1 is 1.20 bits per heavy atom. The first kappa shape index (κ1) is 15.0. The third-order valence-electron chi connectivity index (χ3n) is 3.22. The highest BCUT2D eigenvalue weighted by atomic mass is 79.9. The zero-order valence-corrected chi connectivity index (χ0v) is 13.6. The Balaban J connectivity index is 2.24. The van der Waals surface area contributed by atoms with E-state index in [1.165, 1.54) is 0 Å². The van der Waals surface area contributed by atoms with Crippen molar-refractivity contribution in [3.05, 3.63) is 57.3 Å². The van der Waals surface area contributed by atoms with Gasteiger partial charge in [-0.3, -0.25) is 4.98 Å². The molecule has 2 rings (SSSR count). The van der Waals surface area contributed by atoms with E-state index in [4.69, 9.17) is 10.5 Å². The van der Waals surface area contributed by atoms with Crippen molar-refractivity contribution in [2.45, 2.75) is 26.3 Å². The summed E-state index contributed by atoms with van der Waals surface area (Å²) >= 11 is 3.57. The van der Waals surface area contributed by atoms with Gasteiger partial charge >= 0.3 is 0 Å². The fourth-order valence-corrected chi connectivity index (χ4v) is 2.68. The number of aryl methyl sites for hydroxylation is 2. The number of rotatable bonds is 4. The fourth-order valence-electron chi connectivity index (χ4n) is 2.27. The lowest BCUT2D eigenvalue weighted by molar-refractivity contribution is 0.414. The van der Waals surface area contributed by atoms with Crippen LogP contribution in [0.15, 0.2) is 34.8 Å². The Kier molecular flexibility index (Phi) is 4.78. The van der Waals surface area contributed by atoms with Crippen LogP contribution in [0.3, 0.4) is 0 Å². The summed E-state index contributed by atoms with van der Waals surface area (Å²) < 4.78 is 6.32. The summed E-state index contributed by atoms with van der Waals surface area (Å²) in [4.78, 5) is 4.38. The first-order valence-electron chi connectivity index (χ1n) is 6.53. The van der Waals surface area contributed by atoms with Crippen LogP contribution < -0.4 is 10.5 Å². The SMILES string of the molecule is COc1ccc(Br)c(CC(N)c2cc(C)nc(C)c2)c1. The first-order valence-corrected chi connectivity index (χ1v) is 7.32. The highest BCUT2D eigenvalue weighted by molar-refractivity contribution is 9.10. The van der Waals surface area contributed by atoms with Gasteiger partial charge in [-0.1, -0.05) is 15.9 Å². The number of hydrogen-bond donors (Lipinski definition) is 1. The molecule has 0 bridgehead atoms. The van der Waals surface area contributed by atoms with Gasteiger partial charge in [-0.25, -0.2) is 0 Å². The Hall–Kier alpha value is -1.39. The average molecular weight is 335 g/mol. The highest BCUT2D eigenvalue weighted by Crippen LogP contribution is 2.26. The van der Waals surface area contributed by atoms with Crippen molar-refractivity contribution in [1.82, 2.24) is 4.98 Å². The van der Waals surface area contributed by atoms with E-state index in [2.05, 4.69) is 20.9 Å². The second kappa shape index (κ2) is 6.37. The number of benzene rings is 1. The summed E-state index contributed by atoms with van der Waals surface area (Å²) in [6.45, 7) is 3.98. The van der Waals surface area contributed by atoms with Crippen LogP contribution in [0.1, 0.15) is 28.6 Å². The molecular weight excluding hydrogens is 316 g/mol. The van der Waals surface area contributed by atoms with Crippen molar-refractivity contribution in [3.63, 3.8) is 0 Å². The van der Waals surface area contributed by atoms with Crippen molar-refractivity contribution < 1.29 is 4.74 Å². The van der Waals surface area contributed by atoms with Crippen LogP contribution >= 0.6 is 15.9 Å². The first-order chi connectivity index (χ1) is 9.49. The van der Waals surface area contributed by atoms with E-state index in [0.29, 0.717) is 0 Å². The van der Waals surface area contributed by atoms with Crippen LogP contribution in [0.25, 0.3) is 0 Å². The van der Waals surface area contributed by atoms with E-state index in [0.717, 1.165) is 39.2 Å². The summed E-state index contributed by atoms with van der Waals surface area (Å²) in [7, 11) is 1.67. The van der Waals surface area contributed by atoms with E-state index < -0.39 is 0 Å². The van der Waals surface area contributed by atoms with Gasteiger partial charge in [0.15, 0.2) is 0 Å². The smallest absolute Gasteiger partial charge is 0.119 e. The van der Waals surface area contributed by atoms with Crippen molar-refractivity contribution in [2.24, 2.45) is 5.73 Å². The molecule has 106 valence electrons. The summed E-state index contributed by atoms with van der Waals surface area (Å²) in [6.07, 6.45) is 0.751. The standard InChI is InChI=1S/C16H19BrN2O/c1-10-6-13(7-11(2)19-10)16(18)9-12-8-14(20-3)4-5-15(12)17/h4-8,16H,9,18H2,1-3H3. The predicted octanol–water partition coefficient (Wildman–Crippen LogP) is 3.71. The molecule has 0 amide bonds. The number of methoxy groups -OCH3 is 1. The van der Waals surface area contributed by atoms with E-state index in [1.54, 1.807) is 7.11 Å². The molecular formula is C16H19BrN2O. The molecule has 1 unspecified atom stereocenters. The predicted molar refractivity (Wildman–Crippen MR) is 85.0 cm³/mol. The lowest BCUT2D eigenvalue weighted by atomic mass is 9.99. The van der Waals surface area contributed by atoms with Gasteiger partial charge in [-0.2, -0.15) is 0 Å². The Bertz CT molecular complexity index is 593. The van der Waals surface area contributed by atoms with E-state index >= 15 is 0 Å². The monoisotopic (exact) mass is 334 g/mol. The summed E-state index contributed by atoms with van der Waals surface area (Å²) in [5, 5.41) is 0. The number of aromatic nitrogens is 1. The molecule has 2 aromatic rings. The molecule has 1 heterocycles. The number of pyridine rings is 1. The van der Waals surface area contributed by atoms with Crippen molar-refractivity contribution in [3.8, 4) is 5.75 Å². The van der Waals surface area contributed by atoms with E-state index in [9.17, 15) is 0 Å². The second-order valence-corrected chi connectivity index (χ2v) is 5.81. The van der Waals surface area contributed by atoms with Gasteiger partial charge in [-0.05, 0) is 61.7 Å². The molecule has 0 fully saturated rings. The largest absolute Gasteiger partial charge is 0.497 e. The normalized spacial score (nSPS) is 12.2. The Morgan fingerprint density at radius 2 is 1.85 bits per heavy atom. The van der Waals surface area contributed by atoms with Crippen molar-refractivity contribution in [2.75, 3.05) is 7.11 Å². The molecule has 2 N–H and O–H groups in total. The molecule has 1 aromatic heterocycles. The molecule has 1 aromatic carbocycles. The van der Waals surface area contributed by atoms with Crippen LogP contribution in [0.5, 0.6) is 5.75 Å². The van der Waals surface area contributed by atoms with Gasteiger partial charge in [0.2, 0.25) is 0 Å². The highest BCUT2D eigenvalue weighted by Gasteiger charge is 2.11. The molecule has 0 aliphatic heterocycles. The van der Waals surface area contributed by atoms with Crippen molar-refractivity contribution in [1.29, 1.82) is 0 Å². The van der Waals surface area contributed by atoms with Gasteiger partial charge < -0.3 is 10.5 Å². The summed E-state index contributed by atoms with van der Waals surface area (Å²) in [6, 6.07) is 9.98. The van der Waals surface area contributed by atoms with Crippen LogP contribution in [0.2, 0.25) is 0 Å². The number of ether oxygens (including phenoxy) is 1. The molecule has 3 nitrogen and oxygen atoms in total. The molecule has 0 spiro atoms. The maximum atomic E-state index is 6.34. The summed E-state index contributed by atoms with van der Waals surface area (Å²) in [5.74, 6) is 0.845.